The molecule has 0 saturated heterocycles. The summed E-state index contributed by atoms with van der Waals surface area (Å²) in [4.78, 5) is 24.5. The van der Waals surface area contributed by atoms with Crippen molar-refractivity contribution in [3.05, 3.63) is 70.2 Å². The van der Waals surface area contributed by atoms with Crippen LogP contribution < -0.4 is 0 Å². The number of halogens is 1. The minimum absolute atomic E-state index is 0.0967. The molecule has 3 heteroatoms. The molecule has 2 aromatic rings. The molecule has 0 bridgehead atoms. The molecule has 0 spiro atoms. The van der Waals surface area contributed by atoms with Crippen molar-refractivity contribution in [1.82, 2.24) is 0 Å². The summed E-state index contributed by atoms with van der Waals surface area (Å²) in [5, 5.41) is 0.596. The van der Waals surface area contributed by atoms with E-state index in [-0.39, 0.29) is 11.6 Å². The van der Waals surface area contributed by atoms with E-state index in [4.69, 9.17) is 11.6 Å². The number of Topliss-reactive ketones (excluding diaryl/α,β-unsaturated/α-hetero) is 2. The van der Waals surface area contributed by atoms with Crippen LogP contribution in [0, 0.1) is 5.92 Å². The zero-order chi connectivity index (χ0) is 13.4. The summed E-state index contributed by atoms with van der Waals surface area (Å²) >= 11 is 6.09. The Morgan fingerprint density at radius 3 is 1.95 bits per heavy atom. The van der Waals surface area contributed by atoms with Crippen molar-refractivity contribution in [2.75, 3.05) is 0 Å². The molecular weight excluding hydrogens is 260 g/mol. The van der Waals surface area contributed by atoms with E-state index in [9.17, 15) is 9.59 Å². The summed E-state index contributed by atoms with van der Waals surface area (Å²) < 4.78 is 0. The number of hydrogen-bond acceptors (Lipinski definition) is 2. The molecule has 94 valence electrons. The van der Waals surface area contributed by atoms with Crippen LogP contribution >= 0.6 is 11.6 Å². The maximum Gasteiger partial charge on any atom is 0.174 e. The first-order valence-electron chi connectivity index (χ1n) is 6.09. The number of rotatable bonds is 2. The molecular formula is C16H11ClO2. The SMILES string of the molecule is O=C1c2ccccc2C(=O)C1Cc1ccccc1Cl. The summed E-state index contributed by atoms with van der Waals surface area (Å²) in [5.74, 6) is -0.821. The van der Waals surface area contributed by atoms with E-state index in [0.29, 0.717) is 22.6 Å². The van der Waals surface area contributed by atoms with Gasteiger partial charge in [-0.2, -0.15) is 0 Å². The Labute approximate surface area is 116 Å². The van der Waals surface area contributed by atoms with Crippen LogP contribution in [0.1, 0.15) is 26.3 Å². The predicted octanol–water partition coefficient (Wildman–Crippen LogP) is 3.58. The van der Waals surface area contributed by atoms with E-state index >= 15 is 0 Å². The monoisotopic (exact) mass is 270 g/mol. The van der Waals surface area contributed by atoms with Gasteiger partial charge in [-0.05, 0) is 18.1 Å². The van der Waals surface area contributed by atoms with Gasteiger partial charge >= 0.3 is 0 Å². The quantitative estimate of drug-likeness (QED) is 0.782. The molecule has 0 aromatic heterocycles. The lowest BCUT2D eigenvalue weighted by molar-refractivity contribution is 0.0838. The average Bonchev–Trinajstić information content (AvgIpc) is 2.67. The smallest absolute Gasteiger partial charge is 0.174 e. The number of benzene rings is 2. The minimum Gasteiger partial charge on any atom is -0.293 e. The van der Waals surface area contributed by atoms with Crippen LogP contribution in [0.15, 0.2) is 48.5 Å². The van der Waals surface area contributed by atoms with Crippen LogP contribution in [0.25, 0.3) is 0 Å². The van der Waals surface area contributed by atoms with Crippen molar-refractivity contribution in [3.63, 3.8) is 0 Å². The lowest BCUT2D eigenvalue weighted by Crippen LogP contribution is -2.18. The summed E-state index contributed by atoms with van der Waals surface area (Å²) in [6.45, 7) is 0. The van der Waals surface area contributed by atoms with Gasteiger partial charge in [-0.3, -0.25) is 9.59 Å². The van der Waals surface area contributed by atoms with E-state index in [2.05, 4.69) is 0 Å². The maximum absolute atomic E-state index is 12.3. The number of hydrogen-bond donors (Lipinski definition) is 0. The minimum atomic E-state index is -0.628. The molecule has 0 heterocycles. The van der Waals surface area contributed by atoms with Crippen LogP contribution in [0.2, 0.25) is 5.02 Å². The number of carbonyl (C=O) groups excluding carboxylic acids is 2. The van der Waals surface area contributed by atoms with Crippen molar-refractivity contribution in [1.29, 1.82) is 0 Å². The molecule has 0 unspecified atom stereocenters. The molecule has 2 nitrogen and oxygen atoms in total. The Hall–Kier alpha value is -1.93. The third-order valence-corrected chi connectivity index (χ3v) is 3.84. The fourth-order valence-electron chi connectivity index (χ4n) is 2.48. The van der Waals surface area contributed by atoms with Gasteiger partial charge in [0.05, 0.1) is 5.92 Å². The summed E-state index contributed by atoms with van der Waals surface area (Å²) in [6, 6.07) is 14.3. The van der Waals surface area contributed by atoms with Crippen molar-refractivity contribution in [2.45, 2.75) is 6.42 Å². The van der Waals surface area contributed by atoms with E-state index in [1.807, 2.05) is 18.2 Å². The topological polar surface area (TPSA) is 34.1 Å². The van der Waals surface area contributed by atoms with Gasteiger partial charge in [-0.15, -0.1) is 0 Å². The highest BCUT2D eigenvalue weighted by atomic mass is 35.5. The predicted molar refractivity (Wildman–Crippen MR) is 73.7 cm³/mol. The number of carbonyl (C=O) groups is 2. The Bertz CT molecular complexity index is 641. The fourth-order valence-corrected chi connectivity index (χ4v) is 2.69. The summed E-state index contributed by atoms with van der Waals surface area (Å²) in [6.07, 6.45) is 0.367. The first-order chi connectivity index (χ1) is 9.18. The van der Waals surface area contributed by atoms with Gasteiger partial charge in [0.2, 0.25) is 0 Å². The molecule has 0 atom stereocenters. The second kappa shape index (κ2) is 4.63. The van der Waals surface area contributed by atoms with Crippen molar-refractivity contribution in [2.24, 2.45) is 5.92 Å². The van der Waals surface area contributed by atoms with Gasteiger partial charge in [0.15, 0.2) is 11.6 Å². The average molecular weight is 271 g/mol. The number of fused-ring (bicyclic) bond motifs is 1. The molecule has 0 N–H and O–H groups in total. The highest BCUT2D eigenvalue weighted by Gasteiger charge is 2.38. The third-order valence-electron chi connectivity index (χ3n) is 3.47. The highest BCUT2D eigenvalue weighted by molar-refractivity contribution is 6.31. The second-order valence-electron chi connectivity index (χ2n) is 4.62. The standard InChI is InChI=1S/C16H11ClO2/c17-14-8-4-1-5-10(14)9-13-15(18)11-6-2-3-7-12(11)16(13)19/h1-8,13H,9H2. The van der Waals surface area contributed by atoms with E-state index in [1.165, 1.54) is 0 Å². The zero-order valence-corrected chi connectivity index (χ0v) is 10.9. The van der Waals surface area contributed by atoms with Crippen LogP contribution in [-0.2, 0) is 6.42 Å². The molecule has 1 aliphatic rings. The van der Waals surface area contributed by atoms with Crippen molar-refractivity contribution >= 4 is 23.2 Å². The Balaban J connectivity index is 1.95. The van der Waals surface area contributed by atoms with Gasteiger partial charge in [0, 0.05) is 16.1 Å². The second-order valence-corrected chi connectivity index (χ2v) is 5.03. The molecule has 0 fully saturated rings. The molecule has 0 radical (unpaired) electrons. The van der Waals surface area contributed by atoms with Crippen LogP contribution in [0.5, 0.6) is 0 Å². The van der Waals surface area contributed by atoms with Gasteiger partial charge in [0.1, 0.15) is 0 Å². The largest absolute Gasteiger partial charge is 0.293 e. The van der Waals surface area contributed by atoms with Crippen LogP contribution in [0.3, 0.4) is 0 Å². The first-order valence-corrected chi connectivity index (χ1v) is 6.47. The van der Waals surface area contributed by atoms with Gasteiger partial charge in [-0.1, -0.05) is 54.1 Å². The van der Waals surface area contributed by atoms with E-state index in [1.54, 1.807) is 30.3 Å². The van der Waals surface area contributed by atoms with E-state index < -0.39 is 5.92 Å². The summed E-state index contributed by atoms with van der Waals surface area (Å²) in [7, 11) is 0. The first kappa shape index (κ1) is 12.1. The molecule has 0 aliphatic heterocycles. The summed E-state index contributed by atoms with van der Waals surface area (Å²) in [5.41, 5.74) is 1.90. The van der Waals surface area contributed by atoms with Crippen LogP contribution in [0.4, 0.5) is 0 Å². The Morgan fingerprint density at radius 2 is 1.37 bits per heavy atom. The molecule has 3 rings (SSSR count). The molecule has 2 aromatic carbocycles. The van der Waals surface area contributed by atoms with Gasteiger partial charge < -0.3 is 0 Å². The normalized spacial score (nSPS) is 14.8. The molecule has 0 saturated carbocycles. The highest BCUT2D eigenvalue weighted by Crippen LogP contribution is 2.30. The third kappa shape index (κ3) is 1.98. The van der Waals surface area contributed by atoms with Gasteiger partial charge in [-0.25, -0.2) is 0 Å². The van der Waals surface area contributed by atoms with E-state index in [0.717, 1.165) is 5.56 Å². The molecule has 19 heavy (non-hydrogen) atoms. The maximum atomic E-state index is 12.3. The zero-order valence-electron chi connectivity index (χ0n) is 10.1. The Morgan fingerprint density at radius 1 is 0.842 bits per heavy atom. The molecule has 1 aliphatic carbocycles. The lowest BCUT2D eigenvalue weighted by Gasteiger charge is -2.08. The van der Waals surface area contributed by atoms with Crippen molar-refractivity contribution < 1.29 is 9.59 Å². The number of ketones is 2. The lowest BCUT2D eigenvalue weighted by atomic mass is 9.95. The fraction of sp³-hybridized carbons (Fsp3) is 0.125. The van der Waals surface area contributed by atoms with Gasteiger partial charge in [0.25, 0.3) is 0 Å². The van der Waals surface area contributed by atoms with Crippen molar-refractivity contribution in [3.8, 4) is 0 Å². The Kier molecular flexibility index (Phi) is 2.96. The van der Waals surface area contributed by atoms with Crippen LogP contribution in [-0.4, -0.2) is 11.6 Å². The molecule has 0 amide bonds.